The number of furan rings is 1. The molecule has 4 rings (SSSR count). The highest BCUT2D eigenvalue weighted by Gasteiger charge is 2.16. The average molecular weight is 323 g/mol. The Bertz CT molecular complexity index is 792. The summed E-state index contributed by atoms with van der Waals surface area (Å²) in [7, 11) is 2.01. The summed E-state index contributed by atoms with van der Waals surface area (Å²) in [6.45, 7) is 2.67. The van der Waals surface area contributed by atoms with Gasteiger partial charge in [0.15, 0.2) is 0 Å². The van der Waals surface area contributed by atoms with Crippen LogP contribution in [-0.2, 0) is 6.54 Å². The van der Waals surface area contributed by atoms with Crippen LogP contribution in [0.2, 0.25) is 0 Å². The van der Waals surface area contributed by atoms with Crippen LogP contribution < -0.4 is 15.5 Å². The third-order valence-corrected chi connectivity index (χ3v) is 4.30. The summed E-state index contributed by atoms with van der Waals surface area (Å²) in [4.78, 5) is 11.0. The molecule has 0 radical (unpaired) electrons. The summed E-state index contributed by atoms with van der Waals surface area (Å²) in [6.07, 6.45) is 2.89. The number of hydrogen-bond donors (Lipinski definition) is 2. The van der Waals surface area contributed by atoms with E-state index in [1.807, 2.05) is 31.3 Å². The van der Waals surface area contributed by atoms with Crippen molar-refractivity contribution in [1.82, 2.24) is 15.3 Å². The Labute approximate surface area is 140 Å². The molecule has 0 aliphatic carbocycles. The van der Waals surface area contributed by atoms with Crippen molar-refractivity contribution < 1.29 is 4.42 Å². The van der Waals surface area contributed by atoms with Crippen LogP contribution in [-0.4, -0.2) is 36.1 Å². The van der Waals surface area contributed by atoms with E-state index in [1.165, 1.54) is 0 Å². The normalized spacial score (nSPS) is 17.3. The van der Waals surface area contributed by atoms with E-state index in [0.29, 0.717) is 18.5 Å². The van der Waals surface area contributed by atoms with Gasteiger partial charge < -0.3 is 20.0 Å². The fraction of sp³-hybridized carbons (Fsp3) is 0.333. The zero-order valence-electron chi connectivity index (χ0n) is 13.7. The molecule has 3 heterocycles. The molecule has 1 atom stereocenters. The van der Waals surface area contributed by atoms with E-state index in [-0.39, 0.29) is 0 Å². The first-order chi connectivity index (χ1) is 11.8. The van der Waals surface area contributed by atoms with Gasteiger partial charge >= 0.3 is 0 Å². The number of fused-ring (bicyclic) bond motifs is 1. The topological polar surface area (TPSA) is 66.2 Å². The van der Waals surface area contributed by atoms with Crippen molar-refractivity contribution in [3.63, 3.8) is 0 Å². The van der Waals surface area contributed by atoms with Crippen LogP contribution in [0.15, 0.2) is 47.0 Å². The van der Waals surface area contributed by atoms with E-state index in [1.54, 1.807) is 6.20 Å². The summed E-state index contributed by atoms with van der Waals surface area (Å²) >= 11 is 0. The van der Waals surface area contributed by atoms with Crippen molar-refractivity contribution in [1.29, 1.82) is 0 Å². The molecule has 1 saturated heterocycles. The zero-order valence-corrected chi connectivity index (χ0v) is 13.7. The summed E-state index contributed by atoms with van der Waals surface area (Å²) in [6, 6.07) is 12.5. The Balaban J connectivity index is 1.48. The van der Waals surface area contributed by atoms with Crippen LogP contribution in [0.1, 0.15) is 12.2 Å². The number of benzene rings is 1. The van der Waals surface area contributed by atoms with Gasteiger partial charge in [0.25, 0.3) is 0 Å². The summed E-state index contributed by atoms with van der Waals surface area (Å²) in [5.41, 5.74) is 0.916. The van der Waals surface area contributed by atoms with E-state index >= 15 is 0 Å². The predicted molar refractivity (Wildman–Crippen MR) is 95.3 cm³/mol. The van der Waals surface area contributed by atoms with Crippen LogP contribution in [0.4, 0.5) is 11.8 Å². The van der Waals surface area contributed by atoms with Gasteiger partial charge in [-0.1, -0.05) is 18.2 Å². The molecule has 0 saturated carbocycles. The molecule has 1 aliphatic rings. The van der Waals surface area contributed by atoms with Crippen molar-refractivity contribution >= 4 is 22.7 Å². The number of aromatic nitrogens is 2. The van der Waals surface area contributed by atoms with Crippen molar-refractivity contribution in [2.75, 3.05) is 30.4 Å². The van der Waals surface area contributed by atoms with Gasteiger partial charge in [0.2, 0.25) is 5.95 Å². The Kier molecular flexibility index (Phi) is 4.04. The number of nitrogens with one attached hydrogen (secondary N) is 2. The van der Waals surface area contributed by atoms with Gasteiger partial charge in [-0.2, -0.15) is 4.98 Å². The third-order valence-electron chi connectivity index (χ3n) is 4.30. The van der Waals surface area contributed by atoms with Crippen LogP contribution in [0.5, 0.6) is 0 Å². The zero-order chi connectivity index (χ0) is 16.4. The minimum Gasteiger partial charge on any atom is -0.459 e. The molecular formula is C18H21N5O. The molecule has 0 spiro atoms. The Morgan fingerprint density at radius 3 is 3.08 bits per heavy atom. The molecule has 6 heteroatoms. The lowest BCUT2D eigenvalue weighted by atomic mass is 10.2. The molecule has 1 fully saturated rings. The molecule has 1 unspecified atom stereocenters. The van der Waals surface area contributed by atoms with E-state index < -0.39 is 0 Å². The first-order valence-electron chi connectivity index (χ1n) is 8.27. The summed E-state index contributed by atoms with van der Waals surface area (Å²) in [5, 5.41) is 7.85. The van der Waals surface area contributed by atoms with E-state index in [9.17, 15) is 0 Å². The Morgan fingerprint density at radius 2 is 2.25 bits per heavy atom. The van der Waals surface area contributed by atoms with Gasteiger partial charge in [-0.25, -0.2) is 4.98 Å². The minimum absolute atomic E-state index is 0.404. The number of para-hydroxylation sites is 1. The third kappa shape index (κ3) is 3.19. The maximum atomic E-state index is 5.89. The number of anilines is 2. The Morgan fingerprint density at radius 1 is 1.33 bits per heavy atom. The van der Waals surface area contributed by atoms with Crippen LogP contribution in [0.3, 0.4) is 0 Å². The second-order valence-corrected chi connectivity index (χ2v) is 6.18. The average Bonchev–Trinajstić information content (AvgIpc) is 3.24. The lowest BCUT2D eigenvalue weighted by Gasteiger charge is -2.18. The molecule has 24 heavy (non-hydrogen) atoms. The lowest BCUT2D eigenvalue weighted by molar-refractivity contribution is 0.545. The highest BCUT2D eigenvalue weighted by molar-refractivity contribution is 5.77. The summed E-state index contributed by atoms with van der Waals surface area (Å²) < 4.78 is 5.89. The smallest absolute Gasteiger partial charge is 0.224 e. The molecule has 0 amide bonds. The van der Waals surface area contributed by atoms with Crippen molar-refractivity contribution in [2.24, 2.45) is 0 Å². The first kappa shape index (κ1) is 15.0. The largest absolute Gasteiger partial charge is 0.459 e. The molecule has 6 nitrogen and oxygen atoms in total. The highest BCUT2D eigenvalue weighted by Crippen LogP contribution is 2.21. The lowest BCUT2D eigenvalue weighted by Crippen LogP contribution is -2.24. The van der Waals surface area contributed by atoms with E-state index in [0.717, 1.165) is 42.1 Å². The summed E-state index contributed by atoms with van der Waals surface area (Å²) in [5.74, 6) is 2.48. The molecule has 2 N–H and O–H groups in total. The highest BCUT2D eigenvalue weighted by atomic mass is 16.3. The number of nitrogens with zero attached hydrogens (tertiary/aromatic N) is 3. The van der Waals surface area contributed by atoms with Gasteiger partial charge in [0, 0.05) is 31.2 Å². The maximum Gasteiger partial charge on any atom is 0.224 e. The Hall–Kier alpha value is -2.60. The molecule has 1 aliphatic heterocycles. The van der Waals surface area contributed by atoms with Crippen molar-refractivity contribution in [3.8, 4) is 0 Å². The van der Waals surface area contributed by atoms with Crippen molar-refractivity contribution in [3.05, 3.63) is 48.4 Å². The minimum atomic E-state index is 0.404. The molecule has 2 aromatic heterocycles. The molecule has 1 aromatic carbocycles. The first-order valence-corrected chi connectivity index (χ1v) is 8.27. The fourth-order valence-corrected chi connectivity index (χ4v) is 3.02. The maximum absolute atomic E-state index is 5.89. The quantitative estimate of drug-likeness (QED) is 0.752. The monoisotopic (exact) mass is 323 g/mol. The van der Waals surface area contributed by atoms with Crippen LogP contribution in [0, 0.1) is 0 Å². The van der Waals surface area contributed by atoms with E-state index in [4.69, 9.17) is 4.42 Å². The van der Waals surface area contributed by atoms with Gasteiger partial charge in [0.1, 0.15) is 17.2 Å². The molecule has 124 valence electrons. The van der Waals surface area contributed by atoms with Crippen molar-refractivity contribution in [2.45, 2.75) is 19.0 Å². The van der Waals surface area contributed by atoms with Gasteiger partial charge in [-0.05, 0) is 31.2 Å². The number of hydrogen-bond acceptors (Lipinski definition) is 6. The van der Waals surface area contributed by atoms with E-state index in [2.05, 4.69) is 37.6 Å². The molecule has 3 aromatic rings. The molecular weight excluding hydrogens is 302 g/mol. The number of rotatable bonds is 5. The van der Waals surface area contributed by atoms with Gasteiger partial charge in [-0.3, -0.25) is 0 Å². The second-order valence-electron chi connectivity index (χ2n) is 6.18. The van der Waals surface area contributed by atoms with Gasteiger partial charge in [-0.15, -0.1) is 0 Å². The fourth-order valence-electron chi connectivity index (χ4n) is 3.02. The predicted octanol–water partition coefficient (Wildman–Crippen LogP) is 2.63. The molecule has 0 bridgehead atoms. The van der Waals surface area contributed by atoms with Gasteiger partial charge in [0.05, 0.1) is 6.54 Å². The second kappa shape index (κ2) is 6.49. The van der Waals surface area contributed by atoms with Crippen LogP contribution >= 0.6 is 0 Å². The standard InChI is InChI=1S/C18H21N5O/c1-23(12-15-10-13-4-2-3-5-16(13)24-15)17-7-9-20-18(22-17)21-14-6-8-19-11-14/h2-5,7,9-10,14,19H,6,8,11-12H2,1H3,(H,20,21,22). The SMILES string of the molecule is CN(Cc1cc2ccccc2o1)c1ccnc(NC2CCNC2)n1. The van der Waals surface area contributed by atoms with Crippen LogP contribution in [0.25, 0.3) is 11.0 Å².